The van der Waals surface area contributed by atoms with Crippen LogP contribution in [-0.4, -0.2) is 30.2 Å². The van der Waals surface area contributed by atoms with Gasteiger partial charge >= 0.3 is 0 Å². The molecule has 2 aromatic heterocycles. The summed E-state index contributed by atoms with van der Waals surface area (Å²) in [4.78, 5) is 4.98. The molecule has 1 aliphatic heterocycles. The van der Waals surface area contributed by atoms with Crippen molar-refractivity contribution in [2.75, 3.05) is 0 Å². The highest BCUT2D eigenvalue weighted by molar-refractivity contribution is 5.93. The van der Waals surface area contributed by atoms with E-state index in [0.29, 0.717) is 12.4 Å². The van der Waals surface area contributed by atoms with Crippen molar-refractivity contribution >= 4 is 22.7 Å². The molecule has 5 aromatic rings. The van der Waals surface area contributed by atoms with E-state index in [1.165, 1.54) is 16.6 Å². The first kappa shape index (κ1) is 21.3. The van der Waals surface area contributed by atoms with Crippen LogP contribution in [0, 0.1) is 6.92 Å². The number of benzene rings is 3. The number of H-pyrrole nitrogens is 1. The van der Waals surface area contributed by atoms with Gasteiger partial charge in [-0.15, -0.1) is 10.2 Å². The number of nitrogens with one attached hydrogen (secondary N) is 1. The van der Waals surface area contributed by atoms with E-state index in [9.17, 15) is 0 Å². The zero-order valence-corrected chi connectivity index (χ0v) is 19.8. The quantitative estimate of drug-likeness (QED) is 0.381. The monoisotopic (exact) mass is 462 g/mol. The third-order valence-electron chi connectivity index (χ3n) is 6.54. The fourth-order valence-corrected chi connectivity index (χ4v) is 4.84. The lowest BCUT2D eigenvalue weighted by Crippen LogP contribution is -2.06. The number of rotatable bonds is 5. The van der Waals surface area contributed by atoms with Gasteiger partial charge in [0.2, 0.25) is 0 Å². The highest BCUT2D eigenvalue weighted by Crippen LogP contribution is 2.38. The van der Waals surface area contributed by atoms with Crippen molar-refractivity contribution in [3.63, 3.8) is 0 Å². The predicted octanol–water partition coefficient (Wildman–Crippen LogP) is 5.34. The van der Waals surface area contributed by atoms with Crippen LogP contribution in [0.25, 0.3) is 22.7 Å². The molecule has 0 amide bonds. The Bertz CT molecular complexity index is 1550. The first-order valence-corrected chi connectivity index (χ1v) is 12.0. The summed E-state index contributed by atoms with van der Waals surface area (Å²) in [6.45, 7) is 5.57. The molecule has 0 saturated carbocycles. The van der Waals surface area contributed by atoms with Crippen LogP contribution >= 0.6 is 0 Å². The summed E-state index contributed by atoms with van der Waals surface area (Å²) < 4.78 is 8.68. The lowest BCUT2D eigenvalue weighted by molar-refractivity contribution is 0.307. The van der Waals surface area contributed by atoms with E-state index in [1.807, 2.05) is 18.2 Å². The molecule has 6 rings (SSSR count). The highest BCUT2D eigenvalue weighted by atomic mass is 16.5. The van der Waals surface area contributed by atoms with Crippen LogP contribution < -0.4 is 4.74 Å². The fraction of sp³-hybridized carbons (Fsp3) is 0.214. The summed E-state index contributed by atoms with van der Waals surface area (Å²) in [7, 11) is 0. The number of aromatic nitrogens is 6. The number of aryl methyl sites for hydroxylation is 2. The minimum absolute atomic E-state index is 0.504. The maximum Gasteiger partial charge on any atom is 0.198 e. The van der Waals surface area contributed by atoms with Gasteiger partial charge in [0.1, 0.15) is 18.2 Å². The van der Waals surface area contributed by atoms with E-state index in [-0.39, 0.29) is 0 Å². The second kappa shape index (κ2) is 8.83. The van der Waals surface area contributed by atoms with Gasteiger partial charge in [0.25, 0.3) is 0 Å². The molecule has 0 bridgehead atoms. The van der Waals surface area contributed by atoms with Crippen LogP contribution in [-0.2, 0) is 19.6 Å². The number of para-hydroxylation sites is 1. The first-order chi connectivity index (χ1) is 17.2. The standard InChI is InChI=1S/C28H26N6O/c1-3-7-27-29-28-18(2)8-6-11-24(28)34(27)16-19-12-13-22-23(15-26-30-32-33-31-26)21-10-5-4-9-20(21)17-35-25(22)14-19/h4-6,8-15H,3,7,16-17H2,1-2H3,(H,30,31,32,33)/b23-15-. The molecule has 3 aromatic carbocycles. The number of hydrogen-bond acceptors (Lipinski definition) is 5. The van der Waals surface area contributed by atoms with Crippen molar-refractivity contribution in [1.29, 1.82) is 0 Å². The second-order valence-electron chi connectivity index (χ2n) is 8.91. The molecule has 7 heteroatoms. The topological polar surface area (TPSA) is 81.5 Å². The van der Waals surface area contributed by atoms with Crippen LogP contribution in [0.1, 0.15) is 52.8 Å². The van der Waals surface area contributed by atoms with Gasteiger partial charge in [-0.05, 0) is 64.6 Å². The molecule has 0 saturated heterocycles. The average Bonchev–Trinajstić information content (AvgIpc) is 3.48. The summed E-state index contributed by atoms with van der Waals surface area (Å²) >= 11 is 0. The molecule has 35 heavy (non-hydrogen) atoms. The van der Waals surface area contributed by atoms with Crippen LogP contribution in [0.4, 0.5) is 0 Å². The third kappa shape index (κ3) is 3.89. The van der Waals surface area contributed by atoms with Crippen LogP contribution in [0.15, 0.2) is 60.7 Å². The Morgan fingerprint density at radius 2 is 1.97 bits per heavy atom. The van der Waals surface area contributed by atoms with Crippen LogP contribution in [0.2, 0.25) is 0 Å². The molecule has 7 nitrogen and oxygen atoms in total. The Morgan fingerprint density at radius 1 is 1.06 bits per heavy atom. The SMILES string of the molecule is CCCc1nc2c(C)cccc2n1Cc1ccc2c(c1)OCc1ccccc1/C2=C/c1nn[nH]n1. The largest absolute Gasteiger partial charge is 0.488 e. The number of aromatic amines is 1. The van der Waals surface area contributed by atoms with E-state index in [0.717, 1.165) is 58.7 Å². The number of fused-ring (bicyclic) bond motifs is 3. The van der Waals surface area contributed by atoms with E-state index < -0.39 is 0 Å². The van der Waals surface area contributed by atoms with Gasteiger partial charge in [-0.25, -0.2) is 4.98 Å². The Kier molecular flexibility index (Phi) is 5.37. The van der Waals surface area contributed by atoms with Crippen LogP contribution in [0.5, 0.6) is 5.75 Å². The number of tetrazole rings is 1. The summed E-state index contributed by atoms with van der Waals surface area (Å²) in [5, 5.41) is 14.5. The Labute approximate surface area is 203 Å². The third-order valence-corrected chi connectivity index (χ3v) is 6.54. The Hall–Kier alpha value is -4.26. The normalized spacial score (nSPS) is 13.9. The van der Waals surface area contributed by atoms with Gasteiger partial charge in [-0.3, -0.25) is 0 Å². The Balaban J connectivity index is 1.44. The maximum absolute atomic E-state index is 6.34. The van der Waals surface area contributed by atoms with E-state index in [4.69, 9.17) is 9.72 Å². The van der Waals surface area contributed by atoms with E-state index in [1.54, 1.807) is 0 Å². The number of imidazole rings is 1. The van der Waals surface area contributed by atoms with Gasteiger partial charge < -0.3 is 9.30 Å². The molecule has 174 valence electrons. The summed E-state index contributed by atoms with van der Waals surface area (Å²) in [5.41, 5.74) is 8.92. The lowest BCUT2D eigenvalue weighted by Gasteiger charge is -2.14. The van der Waals surface area contributed by atoms with Gasteiger partial charge in [0.15, 0.2) is 5.82 Å². The van der Waals surface area contributed by atoms with Crippen molar-refractivity contribution in [3.05, 3.63) is 100 Å². The van der Waals surface area contributed by atoms with Crippen molar-refractivity contribution in [3.8, 4) is 5.75 Å². The van der Waals surface area contributed by atoms with E-state index in [2.05, 4.69) is 87.6 Å². The highest BCUT2D eigenvalue weighted by Gasteiger charge is 2.21. The van der Waals surface area contributed by atoms with Crippen molar-refractivity contribution in [1.82, 2.24) is 30.2 Å². The number of nitrogens with zero attached hydrogens (tertiary/aromatic N) is 5. The number of hydrogen-bond donors (Lipinski definition) is 1. The minimum atomic E-state index is 0.504. The zero-order valence-electron chi connectivity index (χ0n) is 19.8. The second-order valence-corrected chi connectivity index (χ2v) is 8.91. The molecular formula is C28H26N6O. The minimum Gasteiger partial charge on any atom is -0.488 e. The molecule has 1 aliphatic rings. The summed E-state index contributed by atoms with van der Waals surface area (Å²) in [6, 6.07) is 21.2. The predicted molar refractivity (Wildman–Crippen MR) is 136 cm³/mol. The molecule has 0 spiro atoms. The smallest absolute Gasteiger partial charge is 0.198 e. The number of ether oxygens (including phenoxy) is 1. The summed E-state index contributed by atoms with van der Waals surface area (Å²) in [5.74, 6) is 2.51. The molecule has 1 N–H and O–H groups in total. The van der Waals surface area contributed by atoms with Crippen molar-refractivity contribution in [2.45, 2.75) is 39.8 Å². The Morgan fingerprint density at radius 3 is 2.83 bits per heavy atom. The first-order valence-electron chi connectivity index (χ1n) is 12.0. The van der Waals surface area contributed by atoms with Gasteiger partial charge in [0.05, 0.1) is 11.0 Å². The molecule has 0 radical (unpaired) electrons. The molecule has 0 fully saturated rings. The maximum atomic E-state index is 6.34. The van der Waals surface area contributed by atoms with Crippen molar-refractivity contribution < 1.29 is 4.74 Å². The molecule has 0 atom stereocenters. The van der Waals surface area contributed by atoms with Gasteiger partial charge in [-0.1, -0.05) is 55.5 Å². The molecular weight excluding hydrogens is 436 g/mol. The van der Waals surface area contributed by atoms with Gasteiger partial charge in [0, 0.05) is 18.5 Å². The van der Waals surface area contributed by atoms with Gasteiger partial charge in [-0.2, -0.15) is 5.21 Å². The fourth-order valence-electron chi connectivity index (χ4n) is 4.84. The molecule has 0 unspecified atom stereocenters. The molecule has 3 heterocycles. The average molecular weight is 463 g/mol. The zero-order chi connectivity index (χ0) is 23.8. The summed E-state index contributed by atoms with van der Waals surface area (Å²) in [6.07, 6.45) is 3.96. The van der Waals surface area contributed by atoms with E-state index >= 15 is 0 Å². The molecule has 0 aliphatic carbocycles. The lowest BCUT2D eigenvalue weighted by atomic mass is 9.93. The van der Waals surface area contributed by atoms with Crippen LogP contribution in [0.3, 0.4) is 0 Å². The van der Waals surface area contributed by atoms with Crippen molar-refractivity contribution in [2.24, 2.45) is 0 Å².